The molecule has 1 N–H and O–H groups in total. The molecule has 1 aromatic heterocycles. The number of hydrogen-bond donors (Lipinski definition) is 1. The number of carboxylic acids is 1. The molecule has 0 saturated carbocycles. The number of pyridine rings is 1. The number of alkyl halides is 2. The molecule has 1 aromatic carbocycles. The molecule has 0 saturated heterocycles. The Hall–Kier alpha value is -1.72. The summed E-state index contributed by atoms with van der Waals surface area (Å²) in [6.07, 6.45) is 0. The van der Waals surface area contributed by atoms with Crippen molar-refractivity contribution in [1.82, 2.24) is 4.98 Å². The molecule has 0 radical (unpaired) electrons. The predicted octanol–water partition coefficient (Wildman–Crippen LogP) is 4.87. The van der Waals surface area contributed by atoms with Gasteiger partial charge in [0.1, 0.15) is 0 Å². The quantitative estimate of drug-likeness (QED) is 0.873. The van der Waals surface area contributed by atoms with Crippen molar-refractivity contribution in [1.29, 1.82) is 0 Å². The van der Waals surface area contributed by atoms with Crippen LogP contribution in [0.1, 0.15) is 23.0 Å². The molecule has 3 nitrogen and oxygen atoms in total. The van der Waals surface area contributed by atoms with Crippen LogP contribution in [0.3, 0.4) is 0 Å². The minimum absolute atomic E-state index is 0.0147. The summed E-state index contributed by atoms with van der Waals surface area (Å²) in [5, 5.41) is 9.02. The molecule has 0 aliphatic heterocycles. The van der Waals surface area contributed by atoms with Gasteiger partial charge >= 0.3 is 5.97 Å². The van der Waals surface area contributed by atoms with Gasteiger partial charge in [0.05, 0.1) is 15.7 Å². The van der Waals surface area contributed by atoms with Gasteiger partial charge in [-0.2, -0.15) is 0 Å². The molecule has 2 rings (SSSR count). The maximum atomic E-state index is 13.2. The zero-order valence-electron chi connectivity index (χ0n) is 10.7. The lowest BCUT2D eigenvalue weighted by atomic mass is 10.0. The Bertz CT molecular complexity index is 715. The van der Waals surface area contributed by atoms with Crippen molar-refractivity contribution in [2.45, 2.75) is 12.8 Å². The Balaban J connectivity index is 2.53. The van der Waals surface area contributed by atoms with Gasteiger partial charge < -0.3 is 5.11 Å². The summed E-state index contributed by atoms with van der Waals surface area (Å²) in [7, 11) is 0. The van der Waals surface area contributed by atoms with E-state index in [1.165, 1.54) is 24.3 Å². The van der Waals surface area contributed by atoms with Crippen molar-refractivity contribution in [3.05, 3.63) is 51.6 Å². The molecule has 0 aliphatic carbocycles. The topological polar surface area (TPSA) is 50.2 Å². The second-order valence-corrected chi connectivity index (χ2v) is 5.23. The zero-order chi connectivity index (χ0) is 15.8. The summed E-state index contributed by atoms with van der Waals surface area (Å²) >= 11 is 11.7. The van der Waals surface area contributed by atoms with Gasteiger partial charge in [-0.25, -0.2) is 18.6 Å². The van der Waals surface area contributed by atoms with E-state index < -0.39 is 11.9 Å². The second-order valence-electron chi connectivity index (χ2n) is 4.42. The highest BCUT2D eigenvalue weighted by atomic mass is 35.5. The molecule has 7 heteroatoms. The van der Waals surface area contributed by atoms with E-state index >= 15 is 0 Å². The molecule has 0 aliphatic rings. The first-order chi connectivity index (χ1) is 9.70. The van der Waals surface area contributed by atoms with Crippen LogP contribution < -0.4 is 0 Å². The number of rotatable bonds is 3. The zero-order valence-corrected chi connectivity index (χ0v) is 12.2. The predicted molar refractivity (Wildman–Crippen MR) is 76.2 cm³/mol. The van der Waals surface area contributed by atoms with Crippen LogP contribution in [-0.2, 0) is 5.92 Å². The number of halogens is 4. The monoisotopic (exact) mass is 331 g/mol. The van der Waals surface area contributed by atoms with Gasteiger partial charge in [0.25, 0.3) is 5.92 Å². The van der Waals surface area contributed by atoms with E-state index in [-0.39, 0.29) is 27.0 Å². The maximum Gasteiger partial charge on any atom is 0.356 e. The van der Waals surface area contributed by atoms with Crippen molar-refractivity contribution in [2.75, 3.05) is 0 Å². The van der Waals surface area contributed by atoms with Crippen molar-refractivity contribution in [3.63, 3.8) is 0 Å². The molecule has 2 aromatic rings. The minimum Gasteiger partial charge on any atom is -0.476 e. The Morgan fingerprint density at radius 2 is 1.86 bits per heavy atom. The largest absolute Gasteiger partial charge is 0.476 e. The van der Waals surface area contributed by atoms with E-state index in [0.29, 0.717) is 5.56 Å². The van der Waals surface area contributed by atoms with Crippen LogP contribution in [0, 0.1) is 0 Å². The van der Waals surface area contributed by atoms with Crippen LogP contribution in [-0.4, -0.2) is 16.1 Å². The van der Waals surface area contributed by atoms with Crippen LogP contribution >= 0.6 is 23.2 Å². The number of carbonyl (C=O) groups is 1. The van der Waals surface area contributed by atoms with Gasteiger partial charge in [-0.15, -0.1) is 0 Å². The van der Waals surface area contributed by atoms with Crippen molar-refractivity contribution in [3.8, 4) is 11.3 Å². The summed E-state index contributed by atoms with van der Waals surface area (Å²) in [5.74, 6) is -4.29. The summed E-state index contributed by atoms with van der Waals surface area (Å²) in [5.41, 5.74) is 0.0374. The number of nitrogens with zero attached hydrogens (tertiary/aromatic N) is 1. The molecule has 0 unspecified atom stereocenters. The van der Waals surface area contributed by atoms with Crippen LogP contribution in [0.5, 0.6) is 0 Å². The molecular formula is C14H9Cl2F2NO2. The third-order valence-corrected chi connectivity index (χ3v) is 3.42. The normalized spacial score (nSPS) is 11.5. The number of carboxylic acid groups (broad SMARTS) is 1. The fraction of sp³-hybridized carbons (Fsp3) is 0.143. The van der Waals surface area contributed by atoms with Crippen molar-refractivity contribution >= 4 is 29.2 Å². The van der Waals surface area contributed by atoms with Gasteiger partial charge in [-0.3, -0.25) is 0 Å². The van der Waals surface area contributed by atoms with Crippen LogP contribution in [0.2, 0.25) is 10.0 Å². The van der Waals surface area contributed by atoms with Crippen LogP contribution in [0.15, 0.2) is 30.3 Å². The highest BCUT2D eigenvalue weighted by Crippen LogP contribution is 2.34. The average molecular weight is 332 g/mol. The number of hydrogen-bond acceptors (Lipinski definition) is 2. The number of aromatic carboxylic acids is 1. The molecule has 0 amide bonds. The molecular weight excluding hydrogens is 323 g/mol. The Kier molecular flexibility index (Phi) is 4.16. The highest BCUT2D eigenvalue weighted by Gasteiger charge is 2.25. The summed E-state index contributed by atoms with van der Waals surface area (Å²) in [6.45, 7) is 0.765. The number of aromatic nitrogens is 1. The molecule has 0 spiro atoms. The van der Waals surface area contributed by atoms with Crippen LogP contribution in [0.4, 0.5) is 8.78 Å². The third kappa shape index (κ3) is 3.31. The van der Waals surface area contributed by atoms with Crippen molar-refractivity contribution in [2.24, 2.45) is 0 Å². The lowest BCUT2D eigenvalue weighted by molar-refractivity contribution is 0.0175. The standard InChI is InChI=1S/C14H9Cl2F2NO2/c1-14(17,18)7-2-3-8(10(16)6-7)11-5-4-9(15)12(19-11)13(20)21/h2-6H,1H3,(H,20,21). The summed E-state index contributed by atoms with van der Waals surface area (Å²) in [6, 6.07) is 6.56. The van der Waals surface area contributed by atoms with E-state index in [0.717, 1.165) is 13.0 Å². The van der Waals surface area contributed by atoms with E-state index in [2.05, 4.69) is 4.98 Å². The smallest absolute Gasteiger partial charge is 0.356 e. The molecule has 21 heavy (non-hydrogen) atoms. The van der Waals surface area contributed by atoms with Crippen molar-refractivity contribution < 1.29 is 18.7 Å². The van der Waals surface area contributed by atoms with Gasteiger partial charge in [0.2, 0.25) is 0 Å². The third-order valence-electron chi connectivity index (χ3n) is 2.80. The van der Waals surface area contributed by atoms with E-state index in [9.17, 15) is 13.6 Å². The van der Waals surface area contributed by atoms with Gasteiger partial charge in [0, 0.05) is 18.1 Å². The average Bonchev–Trinajstić information content (AvgIpc) is 2.38. The maximum absolute atomic E-state index is 13.2. The highest BCUT2D eigenvalue weighted by molar-refractivity contribution is 6.34. The SMILES string of the molecule is CC(F)(F)c1ccc(-c2ccc(Cl)c(C(=O)O)n2)c(Cl)c1. The molecule has 1 heterocycles. The fourth-order valence-electron chi connectivity index (χ4n) is 1.74. The lowest BCUT2D eigenvalue weighted by Crippen LogP contribution is -2.07. The summed E-state index contributed by atoms with van der Waals surface area (Å²) in [4.78, 5) is 14.9. The minimum atomic E-state index is -3.01. The van der Waals surface area contributed by atoms with E-state index in [1.54, 1.807) is 0 Å². The first-order valence-corrected chi connectivity index (χ1v) is 6.54. The van der Waals surface area contributed by atoms with Gasteiger partial charge in [-0.1, -0.05) is 35.3 Å². The van der Waals surface area contributed by atoms with Gasteiger partial charge in [-0.05, 0) is 18.2 Å². The fourth-order valence-corrected chi connectivity index (χ4v) is 2.20. The molecule has 0 bridgehead atoms. The lowest BCUT2D eigenvalue weighted by Gasteiger charge is -2.13. The Morgan fingerprint density at radius 1 is 1.19 bits per heavy atom. The molecule has 0 fully saturated rings. The van der Waals surface area contributed by atoms with Gasteiger partial charge in [0.15, 0.2) is 5.69 Å². The molecule has 0 atom stereocenters. The Morgan fingerprint density at radius 3 is 2.38 bits per heavy atom. The second kappa shape index (κ2) is 5.58. The first-order valence-electron chi connectivity index (χ1n) is 5.78. The summed E-state index contributed by atoms with van der Waals surface area (Å²) < 4.78 is 26.4. The van der Waals surface area contributed by atoms with E-state index in [4.69, 9.17) is 28.3 Å². The first kappa shape index (κ1) is 15.7. The molecule has 110 valence electrons. The Labute approximate surface area is 129 Å². The van der Waals surface area contributed by atoms with E-state index in [1.807, 2.05) is 0 Å². The number of benzene rings is 1. The van der Waals surface area contributed by atoms with Crippen LogP contribution in [0.25, 0.3) is 11.3 Å².